The van der Waals surface area contributed by atoms with E-state index in [0.29, 0.717) is 19.8 Å². The van der Waals surface area contributed by atoms with E-state index in [0.717, 1.165) is 12.1 Å². The molecule has 0 spiro atoms. The Morgan fingerprint density at radius 3 is 2.75 bits per heavy atom. The van der Waals surface area contributed by atoms with E-state index in [9.17, 15) is 4.79 Å². The molecule has 5 nitrogen and oxygen atoms in total. The second-order valence-electron chi connectivity index (χ2n) is 5.28. The molecule has 2 atom stereocenters. The smallest absolute Gasteiger partial charge is 0.243 e. The standard InChI is InChI=1S/C15H23N3O2/c1-12-10-20-9-8-18(12)11-15(17-2,14(16)19)13-6-4-3-5-7-13/h3-7,12,17H,8-11H2,1-2H3,(H2,16,19). The zero-order valence-electron chi connectivity index (χ0n) is 12.1. The topological polar surface area (TPSA) is 67.6 Å². The predicted octanol–water partition coefficient (Wildman–Crippen LogP) is 0.307. The van der Waals surface area contributed by atoms with Crippen molar-refractivity contribution in [1.82, 2.24) is 10.2 Å². The van der Waals surface area contributed by atoms with Crippen LogP contribution in [-0.4, -0.2) is 50.2 Å². The lowest BCUT2D eigenvalue weighted by Gasteiger charge is -2.40. The number of primary amides is 1. The summed E-state index contributed by atoms with van der Waals surface area (Å²) in [4.78, 5) is 14.4. The molecule has 20 heavy (non-hydrogen) atoms. The fraction of sp³-hybridized carbons (Fsp3) is 0.533. The molecule has 0 bridgehead atoms. The molecule has 1 saturated heterocycles. The van der Waals surface area contributed by atoms with Crippen molar-refractivity contribution < 1.29 is 9.53 Å². The number of carbonyl (C=O) groups excluding carboxylic acids is 1. The van der Waals surface area contributed by atoms with Gasteiger partial charge in [-0.3, -0.25) is 9.69 Å². The van der Waals surface area contributed by atoms with Crippen molar-refractivity contribution in [2.75, 3.05) is 33.4 Å². The molecule has 0 radical (unpaired) electrons. The van der Waals surface area contributed by atoms with E-state index in [-0.39, 0.29) is 11.9 Å². The molecule has 1 aliphatic rings. The number of hydrogen-bond acceptors (Lipinski definition) is 4. The monoisotopic (exact) mass is 277 g/mol. The number of amides is 1. The summed E-state index contributed by atoms with van der Waals surface area (Å²) in [5, 5.41) is 3.14. The molecule has 2 rings (SSSR count). The third-order valence-corrected chi connectivity index (χ3v) is 4.06. The van der Waals surface area contributed by atoms with Crippen LogP contribution < -0.4 is 11.1 Å². The van der Waals surface area contributed by atoms with Crippen molar-refractivity contribution in [1.29, 1.82) is 0 Å². The zero-order chi connectivity index (χ0) is 14.6. The molecule has 0 aromatic heterocycles. The summed E-state index contributed by atoms with van der Waals surface area (Å²) < 4.78 is 5.45. The average Bonchev–Trinajstić information content (AvgIpc) is 2.47. The number of nitrogens with one attached hydrogen (secondary N) is 1. The van der Waals surface area contributed by atoms with Crippen LogP contribution >= 0.6 is 0 Å². The molecule has 1 aliphatic heterocycles. The summed E-state index contributed by atoms with van der Waals surface area (Å²) in [5.74, 6) is -0.357. The van der Waals surface area contributed by atoms with Gasteiger partial charge in [0, 0.05) is 19.1 Å². The SMILES string of the molecule is CNC(CN1CCOCC1C)(C(N)=O)c1ccccc1. The number of morpholine rings is 1. The number of carbonyl (C=O) groups is 1. The van der Waals surface area contributed by atoms with Crippen LogP contribution in [0.5, 0.6) is 0 Å². The third-order valence-electron chi connectivity index (χ3n) is 4.06. The molecule has 5 heteroatoms. The van der Waals surface area contributed by atoms with Crippen LogP contribution in [0, 0.1) is 0 Å². The summed E-state index contributed by atoms with van der Waals surface area (Å²) >= 11 is 0. The molecule has 110 valence electrons. The van der Waals surface area contributed by atoms with E-state index < -0.39 is 5.54 Å². The molecule has 0 saturated carbocycles. The number of ether oxygens (including phenoxy) is 1. The Morgan fingerprint density at radius 1 is 1.50 bits per heavy atom. The zero-order valence-corrected chi connectivity index (χ0v) is 12.1. The highest BCUT2D eigenvalue weighted by molar-refractivity contribution is 5.86. The van der Waals surface area contributed by atoms with Gasteiger partial charge >= 0.3 is 0 Å². The first-order chi connectivity index (χ1) is 9.60. The van der Waals surface area contributed by atoms with Gasteiger partial charge in [0.1, 0.15) is 5.54 Å². The highest BCUT2D eigenvalue weighted by atomic mass is 16.5. The summed E-state index contributed by atoms with van der Waals surface area (Å²) in [6.07, 6.45) is 0. The lowest BCUT2D eigenvalue weighted by atomic mass is 9.88. The van der Waals surface area contributed by atoms with Crippen LogP contribution in [0.4, 0.5) is 0 Å². The summed E-state index contributed by atoms with van der Waals surface area (Å²) in [6.45, 7) is 4.84. The van der Waals surface area contributed by atoms with Crippen molar-refractivity contribution in [3.63, 3.8) is 0 Å². The van der Waals surface area contributed by atoms with Crippen molar-refractivity contribution in [2.45, 2.75) is 18.5 Å². The number of nitrogens with two attached hydrogens (primary N) is 1. The Kier molecular flexibility index (Phi) is 4.75. The van der Waals surface area contributed by atoms with Crippen LogP contribution in [-0.2, 0) is 15.1 Å². The second kappa shape index (κ2) is 6.35. The van der Waals surface area contributed by atoms with E-state index in [1.165, 1.54) is 0 Å². The quantitative estimate of drug-likeness (QED) is 0.813. The molecule has 0 aliphatic carbocycles. The largest absolute Gasteiger partial charge is 0.379 e. The molecule has 3 N–H and O–H groups in total. The molecular weight excluding hydrogens is 254 g/mol. The van der Waals surface area contributed by atoms with Crippen LogP contribution in [0.3, 0.4) is 0 Å². The summed E-state index contributed by atoms with van der Waals surface area (Å²) in [6, 6.07) is 9.93. The van der Waals surface area contributed by atoms with Gasteiger partial charge in [0.25, 0.3) is 0 Å². The van der Waals surface area contributed by atoms with Gasteiger partial charge in [-0.15, -0.1) is 0 Å². The van der Waals surface area contributed by atoms with Gasteiger partial charge in [-0.1, -0.05) is 30.3 Å². The molecular formula is C15H23N3O2. The summed E-state index contributed by atoms with van der Waals surface area (Å²) in [7, 11) is 1.78. The first-order valence-electron chi connectivity index (χ1n) is 6.96. The Morgan fingerprint density at radius 2 is 2.20 bits per heavy atom. The predicted molar refractivity (Wildman–Crippen MR) is 78.2 cm³/mol. The third kappa shape index (κ3) is 2.85. The first kappa shape index (κ1) is 15.0. The first-order valence-corrected chi connectivity index (χ1v) is 6.96. The Balaban J connectivity index is 2.30. The van der Waals surface area contributed by atoms with Crippen molar-refractivity contribution in [3.05, 3.63) is 35.9 Å². The highest BCUT2D eigenvalue weighted by Crippen LogP contribution is 2.24. The fourth-order valence-corrected chi connectivity index (χ4v) is 2.68. The maximum absolute atomic E-state index is 12.1. The molecule has 2 unspecified atom stereocenters. The minimum absolute atomic E-state index is 0.277. The second-order valence-corrected chi connectivity index (χ2v) is 5.28. The van der Waals surface area contributed by atoms with Gasteiger partial charge in [-0.25, -0.2) is 0 Å². The molecule has 1 aromatic rings. The van der Waals surface area contributed by atoms with Crippen LogP contribution in [0.2, 0.25) is 0 Å². The van der Waals surface area contributed by atoms with E-state index in [4.69, 9.17) is 10.5 Å². The normalized spacial score (nSPS) is 23.2. The fourth-order valence-electron chi connectivity index (χ4n) is 2.68. The number of likely N-dealkylation sites (N-methyl/N-ethyl adjacent to an activating group) is 1. The number of nitrogens with zero attached hydrogens (tertiary/aromatic N) is 1. The maximum atomic E-state index is 12.1. The van der Waals surface area contributed by atoms with E-state index in [2.05, 4.69) is 17.1 Å². The molecule has 1 amide bonds. The molecule has 1 fully saturated rings. The van der Waals surface area contributed by atoms with Crippen LogP contribution in [0.1, 0.15) is 12.5 Å². The van der Waals surface area contributed by atoms with Crippen LogP contribution in [0.15, 0.2) is 30.3 Å². The lowest BCUT2D eigenvalue weighted by Crippen LogP contribution is -2.60. The van der Waals surface area contributed by atoms with Gasteiger partial charge < -0.3 is 15.8 Å². The number of benzene rings is 1. The van der Waals surface area contributed by atoms with Gasteiger partial charge in [0.05, 0.1) is 13.2 Å². The van der Waals surface area contributed by atoms with E-state index in [1.807, 2.05) is 30.3 Å². The van der Waals surface area contributed by atoms with Gasteiger partial charge in [-0.2, -0.15) is 0 Å². The Labute approximate surface area is 120 Å². The minimum atomic E-state index is -0.868. The minimum Gasteiger partial charge on any atom is -0.379 e. The molecule has 1 heterocycles. The van der Waals surface area contributed by atoms with E-state index in [1.54, 1.807) is 7.05 Å². The van der Waals surface area contributed by atoms with E-state index >= 15 is 0 Å². The Hall–Kier alpha value is -1.43. The van der Waals surface area contributed by atoms with Gasteiger partial charge in [-0.05, 0) is 19.5 Å². The average molecular weight is 277 g/mol. The number of hydrogen-bond donors (Lipinski definition) is 2. The summed E-state index contributed by atoms with van der Waals surface area (Å²) in [5.41, 5.74) is 5.75. The van der Waals surface area contributed by atoms with Crippen LogP contribution in [0.25, 0.3) is 0 Å². The van der Waals surface area contributed by atoms with Gasteiger partial charge in [0.2, 0.25) is 5.91 Å². The van der Waals surface area contributed by atoms with Crippen molar-refractivity contribution in [3.8, 4) is 0 Å². The molecule has 1 aromatic carbocycles. The van der Waals surface area contributed by atoms with Crippen molar-refractivity contribution >= 4 is 5.91 Å². The Bertz CT molecular complexity index is 452. The van der Waals surface area contributed by atoms with Gasteiger partial charge in [0.15, 0.2) is 0 Å². The maximum Gasteiger partial charge on any atom is 0.243 e. The number of rotatable bonds is 5. The van der Waals surface area contributed by atoms with Crippen molar-refractivity contribution in [2.24, 2.45) is 5.73 Å². The lowest BCUT2D eigenvalue weighted by molar-refractivity contribution is -0.126. The highest BCUT2D eigenvalue weighted by Gasteiger charge is 2.40.